The molecule has 8 nitrogen and oxygen atoms in total. The molecule has 0 unspecified atom stereocenters. The number of benzene rings is 1. The fourth-order valence-electron chi connectivity index (χ4n) is 2.55. The zero-order valence-corrected chi connectivity index (χ0v) is 14.8. The van der Waals surface area contributed by atoms with E-state index < -0.39 is 10.0 Å². The van der Waals surface area contributed by atoms with E-state index in [0.717, 1.165) is 17.0 Å². The highest BCUT2D eigenvalue weighted by molar-refractivity contribution is 7.89. The lowest BCUT2D eigenvalue weighted by Gasteiger charge is -2.06. The Morgan fingerprint density at radius 1 is 1.12 bits per heavy atom. The van der Waals surface area contributed by atoms with Gasteiger partial charge in [-0.25, -0.2) is 13.6 Å². The number of carbonyl (C=O) groups excluding carboxylic acids is 1. The second kappa shape index (κ2) is 7.63. The normalized spacial score (nSPS) is 11.6. The van der Waals surface area contributed by atoms with Gasteiger partial charge >= 0.3 is 0 Å². The van der Waals surface area contributed by atoms with E-state index in [1.54, 1.807) is 12.1 Å². The monoisotopic (exact) mass is 373 g/mol. The van der Waals surface area contributed by atoms with E-state index in [1.165, 1.54) is 12.1 Å². The lowest BCUT2D eigenvalue weighted by molar-refractivity contribution is -0.121. The zero-order chi connectivity index (χ0) is 18.6. The predicted molar refractivity (Wildman–Crippen MR) is 95.6 cm³/mol. The van der Waals surface area contributed by atoms with Crippen LogP contribution in [0, 0.1) is 0 Å². The minimum atomic E-state index is -3.70. The summed E-state index contributed by atoms with van der Waals surface area (Å²) in [6, 6.07) is 11.8. The van der Waals surface area contributed by atoms with Crippen LogP contribution >= 0.6 is 0 Å². The van der Waals surface area contributed by atoms with Crippen LogP contribution in [0.1, 0.15) is 24.2 Å². The molecule has 3 rings (SSSR count). The van der Waals surface area contributed by atoms with Crippen LogP contribution in [-0.4, -0.2) is 28.9 Å². The van der Waals surface area contributed by atoms with E-state index >= 15 is 0 Å². The summed E-state index contributed by atoms with van der Waals surface area (Å²) < 4.78 is 24.3. The highest BCUT2D eigenvalue weighted by Crippen LogP contribution is 2.09. The Morgan fingerprint density at radius 3 is 2.62 bits per heavy atom. The van der Waals surface area contributed by atoms with Crippen LogP contribution in [0.4, 0.5) is 0 Å². The maximum Gasteiger partial charge on any atom is 0.238 e. The molecule has 136 valence electrons. The summed E-state index contributed by atoms with van der Waals surface area (Å²) in [5.41, 5.74) is 1.59. The fourth-order valence-corrected chi connectivity index (χ4v) is 3.07. The SMILES string of the molecule is NS(=O)(=O)c1ccc(CNC(=O)CCCc2nnc3ccccn23)cc1. The number of fused-ring (bicyclic) bond motifs is 1. The van der Waals surface area contributed by atoms with Crippen molar-refractivity contribution in [3.05, 3.63) is 60.0 Å². The van der Waals surface area contributed by atoms with E-state index in [-0.39, 0.29) is 10.8 Å². The lowest BCUT2D eigenvalue weighted by Crippen LogP contribution is -2.22. The third-order valence-corrected chi connectivity index (χ3v) is 4.86. The van der Waals surface area contributed by atoms with Gasteiger partial charge in [0, 0.05) is 25.6 Å². The molecule has 0 fully saturated rings. The topological polar surface area (TPSA) is 119 Å². The van der Waals surface area contributed by atoms with Gasteiger partial charge < -0.3 is 5.32 Å². The number of nitrogens with one attached hydrogen (secondary N) is 1. The molecule has 1 amide bonds. The molecule has 26 heavy (non-hydrogen) atoms. The third kappa shape index (κ3) is 4.44. The van der Waals surface area contributed by atoms with Gasteiger partial charge in [0.2, 0.25) is 15.9 Å². The molecule has 0 atom stereocenters. The van der Waals surface area contributed by atoms with Gasteiger partial charge in [-0.3, -0.25) is 9.20 Å². The molecular weight excluding hydrogens is 354 g/mol. The first kappa shape index (κ1) is 18.0. The Balaban J connectivity index is 1.46. The molecule has 0 saturated heterocycles. The largest absolute Gasteiger partial charge is 0.352 e. The van der Waals surface area contributed by atoms with Crippen molar-refractivity contribution in [2.24, 2.45) is 5.14 Å². The van der Waals surface area contributed by atoms with Crippen LogP contribution in [-0.2, 0) is 27.8 Å². The summed E-state index contributed by atoms with van der Waals surface area (Å²) in [5, 5.41) is 16.1. The lowest BCUT2D eigenvalue weighted by atomic mass is 10.2. The molecule has 2 aromatic heterocycles. The first-order valence-corrected chi connectivity index (χ1v) is 9.65. The van der Waals surface area contributed by atoms with Crippen molar-refractivity contribution < 1.29 is 13.2 Å². The van der Waals surface area contributed by atoms with Crippen LogP contribution < -0.4 is 10.5 Å². The van der Waals surface area contributed by atoms with Crippen LogP contribution in [0.15, 0.2) is 53.6 Å². The maximum absolute atomic E-state index is 12.0. The summed E-state index contributed by atoms with van der Waals surface area (Å²) in [5.74, 6) is 0.751. The second-order valence-corrected chi connectivity index (χ2v) is 7.43. The van der Waals surface area contributed by atoms with E-state index in [0.29, 0.717) is 25.8 Å². The quantitative estimate of drug-likeness (QED) is 0.641. The number of primary sulfonamides is 1. The van der Waals surface area contributed by atoms with Gasteiger partial charge in [0.15, 0.2) is 5.65 Å². The summed E-state index contributed by atoms with van der Waals surface area (Å²) in [6.07, 6.45) is 3.58. The summed E-state index contributed by atoms with van der Waals surface area (Å²) in [7, 11) is -3.70. The molecule has 0 aliphatic heterocycles. The van der Waals surface area contributed by atoms with Crippen molar-refractivity contribution in [3.8, 4) is 0 Å². The number of carbonyl (C=O) groups is 1. The Labute approximate surface area is 151 Å². The smallest absolute Gasteiger partial charge is 0.238 e. The molecule has 1 aromatic carbocycles. The average molecular weight is 373 g/mol. The number of pyridine rings is 1. The van der Waals surface area contributed by atoms with E-state index in [2.05, 4.69) is 15.5 Å². The first-order valence-electron chi connectivity index (χ1n) is 8.10. The number of aromatic nitrogens is 3. The van der Waals surface area contributed by atoms with E-state index in [4.69, 9.17) is 5.14 Å². The van der Waals surface area contributed by atoms with Crippen molar-refractivity contribution in [2.45, 2.75) is 30.7 Å². The number of aryl methyl sites for hydroxylation is 1. The third-order valence-electron chi connectivity index (χ3n) is 3.93. The molecule has 2 heterocycles. The molecule has 0 spiro atoms. The molecular formula is C17H19N5O3S. The molecule has 0 aliphatic carbocycles. The van der Waals surface area contributed by atoms with Crippen molar-refractivity contribution >= 4 is 21.6 Å². The van der Waals surface area contributed by atoms with Crippen LogP contribution in [0.5, 0.6) is 0 Å². The van der Waals surface area contributed by atoms with Crippen LogP contribution in [0.2, 0.25) is 0 Å². The van der Waals surface area contributed by atoms with Crippen LogP contribution in [0.3, 0.4) is 0 Å². The molecule has 3 N–H and O–H groups in total. The standard InChI is InChI=1S/C17H19N5O3S/c18-26(24,25)14-9-7-13(8-10-14)12-19-17(23)6-3-5-16-21-20-15-4-1-2-11-22(15)16/h1-2,4,7-11H,3,5-6,12H2,(H,19,23)(H2,18,24,25). The van der Waals surface area contributed by atoms with Gasteiger partial charge in [-0.15, -0.1) is 10.2 Å². The Bertz CT molecular complexity index is 1010. The van der Waals surface area contributed by atoms with Crippen molar-refractivity contribution in [1.29, 1.82) is 0 Å². The molecule has 0 bridgehead atoms. The fraction of sp³-hybridized carbons (Fsp3) is 0.235. The van der Waals surface area contributed by atoms with Gasteiger partial charge in [0.1, 0.15) is 5.82 Å². The minimum Gasteiger partial charge on any atom is -0.352 e. The second-order valence-electron chi connectivity index (χ2n) is 5.86. The average Bonchev–Trinajstić information content (AvgIpc) is 3.03. The number of nitrogens with two attached hydrogens (primary N) is 1. The molecule has 0 saturated carbocycles. The Kier molecular flexibility index (Phi) is 5.29. The van der Waals surface area contributed by atoms with Gasteiger partial charge in [-0.05, 0) is 36.2 Å². The Hall–Kier alpha value is -2.78. The van der Waals surface area contributed by atoms with Crippen LogP contribution in [0.25, 0.3) is 5.65 Å². The number of sulfonamides is 1. The number of nitrogens with zero attached hydrogens (tertiary/aromatic N) is 3. The van der Waals surface area contributed by atoms with Crippen molar-refractivity contribution in [2.75, 3.05) is 0 Å². The molecule has 3 aromatic rings. The van der Waals surface area contributed by atoms with Gasteiger partial charge in [-0.2, -0.15) is 0 Å². The van der Waals surface area contributed by atoms with E-state index in [1.807, 2.05) is 28.8 Å². The van der Waals surface area contributed by atoms with Crippen molar-refractivity contribution in [3.63, 3.8) is 0 Å². The highest BCUT2D eigenvalue weighted by Gasteiger charge is 2.08. The number of rotatable bonds is 7. The van der Waals surface area contributed by atoms with Gasteiger partial charge in [-0.1, -0.05) is 18.2 Å². The zero-order valence-electron chi connectivity index (χ0n) is 14.0. The summed E-state index contributed by atoms with van der Waals surface area (Å²) in [4.78, 5) is 12.0. The molecule has 9 heteroatoms. The van der Waals surface area contributed by atoms with Gasteiger partial charge in [0.25, 0.3) is 0 Å². The Morgan fingerprint density at radius 2 is 1.88 bits per heavy atom. The number of hydrogen-bond donors (Lipinski definition) is 2. The molecule has 0 radical (unpaired) electrons. The maximum atomic E-state index is 12.0. The minimum absolute atomic E-state index is 0.0492. The molecule has 0 aliphatic rings. The van der Waals surface area contributed by atoms with E-state index in [9.17, 15) is 13.2 Å². The highest BCUT2D eigenvalue weighted by atomic mass is 32.2. The predicted octanol–water partition coefficient (Wildman–Crippen LogP) is 1.02. The summed E-state index contributed by atoms with van der Waals surface area (Å²) in [6.45, 7) is 0.331. The first-order chi connectivity index (χ1) is 12.4. The number of amides is 1. The van der Waals surface area contributed by atoms with Crippen molar-refractivity contribution in [1.82, 2.24) is 19.9 Å². The van der Waals surface area contributed by atoms with Gasteiger partial charge in [0.05, 0.1) is 4.90 Å². The summed E-state index contributed by atoms with van der Waals surface area (Å²) >= 11 is 0. The number of hydrogen-bond acceptors (Lipinski definition) is 5.